The van der Waals surface area contributed by atoms with Crippen LogP contribution in [0.5, 0.6) is 5.75 Å². The van der Waals surface area contributed by atoms with E-state index in [4.69, 9.17) is 42.1 Å². The van der Waals surface area contributed by atoms with Crippen LogP contribution < -0.4 is 31.3 Å². The molecule has 1 unspecified atom stereocenters. The lowest BCUT2D eigenvalue weighted by Crippen LogP contribution is -2.50. The second-order valence-electron chi connectivity index (χ2n) is 13.0. The maximum absolute atomic E-state index is 12.9. The number of carbonyl (C=O) groups is 5. The molecular weight excluding hydrogens is 695 g/mol. The Labute approximate surface area is 300 Å². The summed E-state index contributed by atoms with van der Waals surface area (Å²) < 4.78 is 21.2. The highest BCUT2D eigenvalue weighted by atomic mass is 35.5. The van der Waals surface area contributed by atoms with Crippen LogP contribution >= 0.6 is 23.2 Å². The summed E-state index contributed by atoms with van der Waals surface area (Å²) in [5, 5.41) is 13.8. The molecule has 2 atom stereocenters. The van der Waals surface area contributed by atoms with E-state index in [0.29, 0.717) is 30.0 Å². The van der Waals surface area contributed by atoms with Gasteiger partial charge in [0.05, 0.1) is 35.9 Å². The van der Waals surface area contributed by atoms with E-state index in [1.165, 1.54) is 12.1 Å². The van der Waals surface area contributed by atoms with E-state index in [1.54, 1.807) is 65.8 Å². The molecule has 50 heavy (non-hydrogen) atoms. The van der Waals surface area contributed by atoms with Crippen LogP contribution in [-0.2, 0) is 23.8 Å². The Balaban J connectivity index is 1.69. The summed E-state index contributed by atoms with van der Waals surface area (Å²) in [7, 11) is 1.15. The predicted octanol–water partition coefficient (Wildman–Crippen LogP) is 4.72. The highest BCUT2D eigenvalue weighted by Gasteiger charge is 2.27. The summed E-state index contributed by atoms with van der Waals surface area (Å²) in [6.07, 6.45) is -1.29. The van der Waals surface area contributed by atoms with Crippen LogP contribution in [-0.4, -0.2) is 80.0 Å². The summed E-state index contributed by atoms with van der Waals surface area (Å²) in [6.45, 7) is 10.0. The molecule has 1 aliphatic rings. The number of guanidine groups is 1. The van der Waals surface area contributed by atoms with Crippen LogP contribution in [0.25, 0.3) is 0 Å². The number of carbonyl (C=O) groups excluding carboxylic acids is 5. The molecule has 5 N–H and O–H groups in total. The number of aliphatic imine (C=N–C) groups is 1. The Morgan fingerprint density at radius 1 is 0.980 bits per heavy atom. The van der Waals surface area contributed by atoms with Gasteiger partial charge in [0.2, 0.25) is 11.9 Å². The zero-order chi connectivity index (χ0) is 37.2. The van der Waals surface area contributed by atoms with E-state index < -0.39 is 47.2 Å². The number of ether oxygens (including phenoxy) is 4. The number of methoxy groups -OCH3 is 1. The van der Waals surface area contributed by atoms with Crippen LogP contribution in [0.1, 0.15) is 69.9 Å². The van der Waals surface area contributed by atoms with E-state index >= 15 is 0 Å². The standard InChI is InChI=1S/C33H42Cl2N6O9/c1-32(2,3)49-30(45)40-29(41-31(46)50-33(4,5)6)38-18-11-12-24-19(15-18)22(13-14-48-24)36-17-25(42)37-16-23(28(44)47-7)39-27(43)26-20(34)9-8-10-21(26)35/h8-12,15,22-23,36H,13-14,16-17H2,1-7H3,(H,37,42)(H,39,43)(H2,38,40,41,45,46)/t22?,23-/m0/s1. The third-order valence-corrected chi connectivity index (χ3v) is 7.15. The number of hydrogen-bond acceptors (Lipinski definition) is 10. The highest BCUT2D eigenvalue weighted by molar-refractivity contribution is 6.39. The quantitative estimate of drug-likeness (QED) is 0.103. The fourth-order valence-electron chi connectivity index (χ4n) is 4.46. The molecule has 0 aromatic heterocycles. The van der Waals surface area contributed by atoms with Crippen molar-refractivity contribution in [1.29, 1.82) is 0 Å². The SMILES string of the molecule is COC(=O)[C@H](CNC(=O)CNC1CCOc2ccc(N/C(=N/C(=O)OC(C)(C)C)NC(=O)OC(C)(C)C)cc21)NC(=O)c1c(Cl)cccc1Cl. The Bertz CT molecular complexity index is 1600. The minimum atomic E-state index is -1.23. The van der Waals surface area contributed by atoms with Crippen molar-refractivity contribution in [2.24, 2.45) is 4.99 Å². The number of amides is 4. The van der Waals surface area contributed by atoms with Crippen molar-refractivity contribution in [1.82, 2.24) is 21.3 Å². The molecule has 15 nitrogen and oxygen atoms in total. The molecule has 1 heterocycles. The summed E-state index contributed by atoms with van der Waals surface area (Å²) in [5.41, 5.74) is -0.550. The first kappa shape index (κ1) is 39.8. The largest absolute Gasteiger partial charge is 0.493 e. The van der Waals surface area contributed by atoms with Crippen molar-refractivity contribution in [3.05, 3.63) is 57.6 Å². The molecule has 0 fully saturated rings. The van der Waals surface area contributed by atoms with Crippen molar-refractivity contribution in [3.63, 3.8) is 0 Å². The van der Waals surface area contributed by atoms with Crippen LogP contribution in [0.3, 0.4) is 0 Å². The third kappa shape index (κ3) is 12.7. The van der Waals surface area contributed by atoms with Crippen LogP contribution in [0.4, 0.5) is 15.3 Å². The molecule has 0 radical (unpaired) electrons. The molecule has 3 rings (SSSR count). The first-order valence-corrected chi connectivity index (χ1v) is 16.3. The normalized spacial score (nSPS) is 15.0. The fourth-order valence-corrected chi connectivity index (χ4v) is 5.03. The first-order valence-electron chi connectivity index (χ1n) is 15.5. The molecule has 0 bridgehead atoms. The second-order valence-corrected chi connectivity index (χ2v) is 13.8. The van der Waals surface area contributed by atoms with E-state index in [1.807, 2.05) is 0 Å². The lowest BCUT2D eigenvalue weighted by molar-refractivity contribution is -0.142. The van der Waals surface area contributed by atoms with Gasteiger partial charge in [-0.15, -0.1) is 4.99 Å². The number of nitrogens with one attached hydrogen (secondary N) is 5. The van der Waals surface area contributed by atoms with Gasteiger partial charge >= 0.3 is 18.2 Å². The van der Waals surface area contributed by atoms with Crippen molar-refractivity contribution in [2.75, 3.05) is 32.1 Å². The molecular formula is C33H42Cl2N6O9. The summed E-state index contributed by atoms with van der Waals surface area (Å²) >= 11 is 12.2. The van der Waals surface area contributed by atoms with Gasteiger partial charge in [-0.2, -0.15) is 0 Å². The number of hydrogen-bond donors (Lipinski definition) is 5. The smallest absolute Gasteiger partial charge is 0.437 e. The molecule has 2 aromatic carbocycles. The number of esters is 1. The Hall–Kier alpha value is -4.60. The monoisotopic (exact) mass is 736 g/mol. The van der Waals surface area contributed by atoms with Crippen LogP contribution in [0.15, 0.2) is 41.4 Å². The Kier molecular flexibility index (Phi) is 13.8. The van der Waals surface area contributed by atoms with E-state index in [2.05, 4.69) is 31.6 Å². The number of alkyl carbamates (subject to hydrolysis) is 1. The summed E-state index contributed by atoms with van der Waals surface area (Å²) in [5.74, 6) is -1.66. The predicted molar refractivity (Wildman–Crippen MR) is 187 cm³/mol. The van der Waals surface area contributed by atoms with Gasteiger partial charge < -0.3 is 40.2 Å². The molecule has 0 saturated heterocycles. The molecule has 4 amide bonds. The molecule has 17 heteroatoms. The van der Waals surface area contributed by atoms with E-state index in [-0.39, 0.29) is 40.7 Å². The van der Waals surface area contributed by atoms with Crippen molar-refractivity contribution in [2.45, 2.75) is 71.2 Å². The molecule has 272 valence electrons. The summed E-state index contributed by atoms with van der Waals surface area (Å²) in [4.78, 5) is 67.0. The van der Waals surface area contributed by atoms with Gasteiger partial charge in [-0.25, -0.2) is 14.4 Å². The average molecular weight is 738 g/mol. The lowest BCUT2D eigenvalue weighted by atomic mass is 9.99. The van der Waals surface area contributed by atoms with Gasteiger partial charge in [0, 0.05) is 30.3 Å². The molecule has 0 saturated carbocycles. The maximum atomic E-state index is 12.9. The van der Waals surface area contributed by atoms with Crippen LogP contribution in [0.2, 0.25) is 10.0 Å². The highest BCUT2D eigenvalue weighted by Crippen LogP contribution is 2.34. The first-order chi connectivity index (χ1) is 23.3. The molecule has 2 aromatic rings. The number of benzene rings is 2. The zero-order valence-electron chi connectivity index (χ0n) is 28.8. The molecule has 0 aliphatic carbocycles. The Morgan fingerprint density at radius 3 is 2.26 bits per heavy atom. The van der Waals surface area contributed by atoms with Gasteiger partial charge in [-0.1, -0.05) is 29.3 Å². The third-order valence-electron chi connectivity index (χ3n) is 6.52. The van der Waals surface area contributed by atoms with Gasteiger partial charge in [-0.3, -0.25) is 14.9 Å². The second kappa shape index (κ2) is 17.4. The number of fused-ring (bicyclic) bond motifs is 1. The van der Waals surface area contributed by atoms with Crippen molar-refractivity contribution >= 4 is 64.8 Å². The van der Waals surface area contributed by atoms with Crippen molar-refractivity contribution < 1.29 is 42.9 Å². The number of anilines is 1. The molecule has 1 aliphatic heterocycles. The number of nitrogens with zero attached hydrogens (tertiary/aromatic N) is 1. The average Bonchev–Trinajstić information content (AvgIpc) is 2.99. The van der Waals surface area contributed by atoms with E-state index in [0.717, 1.165) is 7.11 Å². The fraction of sp³-hybridized carbons (Fsp3) is 0.455. The Morgan fingerprint density at radius 2 is 1.64 bits per heavy atom. The van der Waals surface area contributed by atoms with Gasteiger partial charge in [0.1, 0.15) is 23.0 Å². The van der Waals surface area contributed by atoms with Gasteiger partial charge in [0.25, 0.3) is 5.91 Å². The topological polar surface area (TPSA) is 195 Å². The maximum Gasteiger partial charge on any atom is 0.437 e. The number of halogens is 2. The van der Waals surface area contributed by atoms with E-state index in [9.17, 15) is 24.0 Å². The minimum absolute atomic E-state index is 0.0198. The molecule has 0 spiro atoms. The zero-order valence-corrected chi connectivity index (χ0v) is 30.3. The lowest BCUT2D eigenvalue weighted by Gasteiger charge is -2.27. The van der Waals surface area contributed by atoms with Gasteiger partial charge in [-0.05, 0) is 71.9 Å². The number of rotatable bonds is 9. The minimum Gasteiger partial charge on any atom is -0.493 e. The van der Waals surface area contributed by atoms with Crippen LogP contribution in [0, 0.1) is 0 Å². The van der Waals surface area contributed by atoms with Crippen molar-refractivity contribution in [3.8, 4) is 5.75 Å². The van der Waals surface area contributed by atoms with Gasteiger partial charge in [0.15, 0.2) is 0 Å². The summed E-state index contributed by atoms with van der Waals surface area (Å²) in [6, 6.07) is 8.02.